The predicted octanol–water partition coefficient (Wildman–Crippen LogP) is 8.62. The lowest BCUT2D eigenvalue weighted by atomic mass is 9.78. The minimum atomic E-state index is 0.360. The molecule has 0 N–H and O–H groups in total. The molecule has 9 aliphatic heterocycles. The molecule has 6 bridgehead atoms. The minimum absolute atomic E-state index is 0.360. The van der Waals surface area contributed by atoms with Gasteiger partial charge < -0.3 is 19.6 Å². The zero-order valence-corrected chi connectivity index (χ0v) is 42.1. The van der Waals surface area contributed by atoms with Crippen molar-refractivity contribution in [2.45, 2.75) is 113 Å². The molecule has 4 aromatic rings. The lowest BCUT2D eigenvalue weighted by Crippen LogP contribution is -2.46. The molecule has 0 saturated carbocycles. The zero-order chi connectivity index (χ0) is 41.4. The van der Waals surface area contributed by atoms with Gasteiger partial charge in [-0.2, -0.15) is 35.0 Å². The summed E-state index contributed by atoms with van der Waals surface area (Å²) < 4.78 is 39.8. The Morgan fingerprint density at radius 2 is 1.03 bits per heavy atom. The van der Waals surface area contributed by atoms with Crippen LogP contribution in [0.15, 0.2) is 26.2 Å². The molecule has 0 radical (unpaired) electrons. The van der Waals surface area contributed by atoms with Gasteiger partial charge in [-0.15, -0.1) is 23.5 Å². The van der Waals surface area contributed by atoms with Crippen LogP contribution in [0.4, 0.5) is 0 Å². The molecular weight excluding hydrogens is 929 g/mol. The van der Waals surface area contributed by atoms with E-state index in [9.17, 15) is 0 Å². The topological polar surface area (TPSA) is 116 Å². The molecule has 8 saturated heterocycles. The Bertz CT molecular complexity index is 2120. The molecule has 9 aliphatic rings. The Balaban J connectivity index is 0.835. The molecule has 7 atom stereocenters. The minimum Gasteiger partial charge on any atom is -0.303 e. The molecule has 0 spiro atoms. The molecule has 62 heavy (non-hydrogen) atoms. The van der Waals surface area contributed by atoms with Gasteiger partial charge in [-0.1, -0.05) is 29.6 Å². The first-order valence-corrected chi connectivity index (χ1v) is 29.7. The van der Waals surface area contributed by atoms with Gasteiger partial charge in [0.05, 0.1) is 64.0 Å². The molecule has 20 heteroatoms. The van der Waals surface area contributed by atoms with Crippen LogP contribution in [0.1, 0.15) is 105 Å². The van der Waals surface area contributed by atoms with Crippen LogP contribution in [0.3, 0.4) is 0 Å². The Morgan fingerprint density at radius 1 is 0.548 bits per heavy atom. The van der Waals surface area contributed by atoms with Crippen LogP contribution in [0.2, 0.25) is 0 Å². The number of thioether (sulfide) groups is 4. The number of piperidine rings is 7. The number of hydrogen-bond acceptors (Lipinski definition) is 20. The second-order valence-electron chi connectivity index (χ2n) is 18.7. The largest absolute Gasteiger partial charge is 0.303 e. The quantitative estimate of drug-likeness (QED) is 0.0659. The molecule has 13 heterocycles. The Morgan fingerprint density at radius 3 is 1.56 bits per heavy atom. The molecular formula is C42H58N12S8. The number of rotatable bonds is 19. The van der Waals surface area contributed by atoms with Gasteiger partial charge in [0.15, 0.2) is 0 Å². The van der Waals surface area contributed by atoms with Crippen LogP contribution in [0, 0.1) is 17.8 Å². The van der Waals surface area contributed by atoms with Crippen LogP contribution >= 0.6 is 94.0 Å². The van der Waals surface area contributed by atoms with Crippen LogP contribution in [0.25, 0.3) is 5.57 Å². The number of hydrogen-bond donors (Lipinski definition) is 0. The number of fused-ring (bicyclic) bond motifs is 8. The van der Waals surface area contributed by atoms with E-state index >= 15 is 0 Å². The first kappa shape index (κ1) is 43.8. The highest BCUT2D eigenvalue weighted by Gasteiger charge is 2.43. The third-order valence-corrected chi connectivity index (χ3v) is 22.6. The standard InChI is InChI=1S/C42H58N12S8/c1-51-13-2-5-29(21-51)35-39(47-59-43-35)55-19-3-6-34(58-42-38(46-62-50-42)32-25-54-18-12-28(32)22-54)33(57-41-37(45-61-49-41)31-24-53-16-10-27(31)11-17-53)7-4-20-56-40-36(44-60-48-40)30-23-52-14-8-26(30)9-15-52/h5,26-28,30-34H,2-4,6-25H2,1H3. The van der Waals surface area contributed by atoms with Crippen LogP contribution < -0.4 is 0 Å². The van der Waals surface area contributed by atoms with Gasteiger partial charge in [0.2, 0.25) is 0 Å². The second-order valence-corrected chi connectivity index (χ2v) is 25.5. The summed E-state index contributed by atoms with van der Waals surface area (Å²) in [5, 5.41) is 5.41. The maximum Gasteiger partial charge on any atom is 0.138 e. The number of nitrogens with zero attached hydrogens (tertiary/aromatic N) is 12. The van der Waals surface area contributed by atoms with E-state index in [-0.39, 0.29) is 0 Å². The van der Waals surface area contributed by atoms with E-state index in [0.29, 0.717) is 34.2 Å². The average Bonchev–Trinajstić information content (AvgIpc) is 4.19. The Hall–Kier alpha value is -0.780. The molecule has 12 nitrogen and oxygen atoms in total. The zero-order valence-electron chi connectivity index (χ0n) is 35.6. The molecule has 0 aliphatic carbocycles. The molecule has 13 rings (SSSR count). The molecule has 0 amide bonds. The molecule has 7 unspecified atom stereocenters. The summed E-state index contributed by atoms with van der Waals surface area (Å²) in [5.41, 5.74) is 6.27. The summed E-state index contributed by atoms with van der Waals surface area (Å²) >= 11 is 13.6. The summed E-state index contributed by atoms with van der Waals surface area (Å²) in [6.07, 6.45) is 14.4. The van der Waals surface area contributed by atoms with E-state index in [4.69, 9.17) is 35.0 Å². The number of likely N-dealkylation sites (N-methyl/N-ethyl adjacent to an activating group) is 1. The lowest BCUT2D eigenvalue weighted by Gasteiger charge is -2.44. The maximum absolute atomic E-state index is 5.12. The number of aromatic nitrogens is 8. The molecule has 8 fully saturated rings. The summed E-state index contributed by atoms with van der Waals surface area (Å²) in [6, 6.07) is 0. The van der Waals surface area contributed by atoms with Crippen molar-refractivity contribution in [2.75, 3.05) is 90.5 Å². The predicted molar refractivity (Wildman–Crippen MR) is 260 cm³/mol. The van der Waals surface area contributed by atoms with E-state index < -0.39 is 0 Å². The smallest absolute Gasteiger partial charge is 0.138 e. The summed E-state index contributed by atoms with van der Waals surface area (Å²) in [5.74, 6) is 5.85. The van der Waals surface area contributed by atoms with E-state index in [0.717, 1.165) is 98.9 Å². The van der Waals surface area contributed by atoms with E-state index in [1.54, 1.807) is 0 Å². The third-order valence-electron chi connectivity index (χ3n) is 14.9. The van der Waals surface area contributed by atoms with E-state index in [1.807, 2.05) is 47.0 Å². The average molecular weight is 988 g/mol. The van der Waals surface area contributed by atoms with Crippen molar-refractivity contribution < 1.29 is 0 Å². The van der Waals surface area contributed by atoms with Crippen molar-refractivity contribution in [3.63, 3.8) is 0 Å². The molecule has 334 valence electrons. The van der Waals surface area contributed by atoms with Crippen molar-refractivity contribution in [1.82, 2.24) is 54.6 Å². The van der Waals surface area contributed by atoms with E-state index in [2.05, 4.69) is 32.7 Å². The van der Waals surface area contributed by atoms with Crippen molar-refractivity contribution in [3.05, 3.63) is 28.9 Å². The van der Waals surface area contributed by atoms with E-state index in [1.165, 1.54) is 156 Å². The van der Waals surface area contributed by atoms with Crippen LogP contribution in [-0.2, 0) is 0 Å². The van der Waals surface area contributed by atoms with Gasteiger partial charge in [-0.25, -0.2) is 0 Å². The Labute approximate surface area is 400 Å². The van der Waals surface area contributed by atoms with Gasteiger partial charge in [0.1, 0.15) is 25.8 Å². The fourth-order valence-corrected chi connectivity index (χ4v) is 19.3. The fraction of sp³-hybridized carbons (Fsp3) is 0.762. The summed E-state index contributed by atoms with van der Waals surface area (Å²) in [6.45, 7) is 12.9. The highest BCUT2D eigenvalue weighted by Crippen LogP contribution is 2.48. The lowest BCUT2D eigenvalue weighted by molar-refractivity contribution is 0.0846. The van der Waals surface area contributed by atoms with Gasteiger partial charge in [0.25, 0.3) is 0 Å². The second kappa shape index (κ2) is 20.2. The third kappa shape index (κ3) is 9.65. The summed E-state index contributed by atoms with van der Waals surface area (Å²) in [4.78, 5) is 10.3. The first-order valence-electron chi connectivity index (χ1n) is 23.0. The van der Waals surface area contributed by atoms with Crippen molar-refractivity contribution in [3.8, 4) is 0 Å². The van der Waals surface area contributed by atoms with Crippen molar-refractivity contribution in [2.24, 2.45) is 17.8 Å². The fourth-order valence-electron chi connectivity index (χ4n) is 11.5. The van der Waals surface area contributed by atoms with Crippen LogP contribution in [-0.4, -0.2) is 156 Å². The van der Waals surface area contributed by atoms with Gasteiger partial charge in [-0.3, -0.25) is 0 Å². The van der Waals surface area contributed by atoms with Gasteiger partial charge in [-0.05, 0) is 139 Å². The molecule has 4 aromatic heterocycles. The van der Waals surface area contributed by atoms with Gasteiger partial charge in [0, 0.05) is 67.5 Å². The van der Waals surface area contributed by atoms with Crippen molar-refractivity contribution >= 4 is 99.5 Å². The van der Waals surface area contributed by atoms with Crippen molar-refractivity contribution in [1.29, 1.82) is 0 Å². The van der Waals surface area contributed by atoms with Crippen LogP contribution in [0.5, 0.6) is 0 Å². The summed E-state index contributed by atoms with van der Waals surface area (Å²) in [7, 11) is 2.21. The monoisotopic (exact) mass is 986 g/mol. The van der Waals surface area contributed by atoms with Gasteiger partial charge >= 0.3 is 0 Å². The maximum atomic E-state index is 5.12. The highest BCUT2D eigenvalue weighted by atomic mass is 32.2. The Kier molecular flexibility index (Phi) is 14.3. The first-order chi connectivity index (χ1) is 30.6. The SMILES string of the molecule is CN1CCC=C(c2nsnc2SCCCC(Sc2nsnc2C2CN3CCC2C3)C(CCCSc2nsnc2C2CN3CCC2CC3)Sc2nsnc2C2CN3CCC2CC3)C1. The molecule has 0 aromatic carbocycles. The normalized spacial score (nSPS) is 31.6. The highest BCUT2D eigenvalue weighted by molar-refractivity contribution is 8.04.